The normalized spacial score (nSPS) is 36.5. The van der Waals surface area contributed by atoms with E-state index in [1.54, 1.807) is 0 Å². The second kappa shape index (κ2) is 2.81. The number of ether oxygens (including phenoxy) is 1. The molecule has 0 aliphatic carbocycles. The zero-order valence-electron chi connectivity index (χ0n) is 6.51. The van der Waals surface area contributed by atoms with Crippen molar-refractivity contribution in [2.75, 3.05) is 6.61 Å². The number of carbonyl (C=O) groups is 1. The van der Waals surface area contributed by atoms with Crippen molar-refractivity contribution in [3.05, 3.63) is 0 Å². The molecule has 11 heavy (non-hydrogen) atoms. The highest BCUT2D eigenvalue weighted by molar-refractivity contribution is 5.76. The van der Waals surface area contributed by atoms with Gasteiger partial charge in [-0.2, -0.15) is 0 Å². The van der Waals surface area contributed by atoms with Crippen molar-refractivity contribution in [2.24, 2.45) is 0 Å². The molecule has 2 aliphatic rings. The van der Waals surface area contributed by atoms with Gasteiger partial charge in [0.25, 0.3) is 0 Å². The van der Waals surface area contributed by atoms with Gasteiger partial charge in [-0.3, -0.25) is 4.79 Å². The third-order valence-corrected chi connectivity index (χ3v) is 2.27. The van der Waals surface area contributed by atoms with Gasteiger partial charge in [-0.25, -0.2) is 0 Å². The fourth-order valence-corrected chi connectivity index (χ4v) is 1.58. The smallest absolute Gasteiger partial charge is 0.220 e. The standard InChI is InChI=1S/C8H13NO2/c10-8-3-1-2-6(9-8)4-7-5-11-7/h6-7H,1-5H2,(H,9,10). The molecule has 2 saturated heterocycles. The van der Waals surface area contributed by atoms with E-state index in [2.05, 4.69) is 5.32 Å². The van der Waals surface area contributed by atoms with Crippen LogP contribution in [0, 0.1) is 0 Å². The first-order valence-electron chi connectivity index (χ1n) is 4.25. The first-order valence-corrected chi connectivity index (χ1v) is 4.25. The second-order valence-electron chi connectivity index (χ2n) is 3.35. The lowest BCUT2D eigenvalue weighted by Crippen LogP contribution is -2.39. The topological polar surface area (TPSA) is 41.6 Å². The number of hydrogen-bond donors (Lipinski definition) is 1. The van der Waals surface area contributed by atoms with Crippen LogP contribution in [0.15, 0.2) is 0 Å². The predicted molar refractivity (Wildman–Crippen MR) is 40.1 cm³/mol. The summed E-state index contributed by atoms with van der Waals surface area (Å²) in [5, 5.41) is 2.97. The minimum Gasteiger partial charge on any atom is -0.373 e. The molecule has 0 bridgehead atoms. The molecule has 0 aromatic carbocycles. The molecule has 62 valence electrons. The average Bonchev–Trinajstić information content (AvgIpc) is 2.71. The van der Waals surface area contributed by atoms with E-state index < -0.39 is 0 Å². The number of carbonyl (C=O) groups excluding carboxylic acids is 1. The van der Waals surface area contributed by atoms with Gasteiger partial charge in [0.05, 0.1) is 12.7 Å². The number of amides is 1. The van der Waals surface area contributed by atoms with Crippen molar-refractivity contribution in [2.45, 2.75) is 37.8 Å². The lowest BCUT2D eigenvalue weighted by atomic mass is 10.0. The van der Waals surface area contributed by atoms with Crippen molar-refractivity contribution < 1.29 is 9.53 Å². The Morgan fingerprint density at radius 3 is 3.09 bits per heavy atom. The molecule has 3 heteroatoms. The number of epoxide rings is 1. The molecule has 0 radical (unpaired) electrons. The van der Waals surface area contributed by atoms with Gasteiger partial charge in [0.15, 0.2) is 0 Å². The Morgan fingerprint density at radius 2 is 2.45 bits per heavy atom. The van der Waals surface area contributed by atoms with Crippen molar-refractivity contribution in [1.29, 1.82) is 0 Å². The van der Waals surface area contributed by atoms with Crippen LogP contribution in [-0.4, -0.2) is 24.7 Å². The SMILES string of the molecule is O=C1CCCC(CC2CO2)N1. The fourth-order valence-electron chi connectivity index (χ4n) is 1.58. The van der Waals surface area contributed by atoms with Gasteiger partial charge in [0, 0.05) is 12.5 Å². The lowest BCUT2D eigenvalue weighted by Gasteiger charge is -2.22. The minimum absolute atomic E-state index is 0.210. The predicted octanol–water partition coefficient (Wildman–Crippen LogP) is 0.444. The molecule has 0 saturated carbocycles. The van der Waals surface area contributed by atoms with Crippen molar-refractivity contribution in [1.82, 2.24) is 5.32 Å². The van der Waals surface area contributed by atoms with Gasteiger partial charge in [0.2, 0.25) is 5.91 Å². The van der Waals surface area contributed by atoms with E-state index >= 15 is 0 Å². The highest BCUT2D eigenvalue weighted by Gasteiger charge is 2.28. The Hall–Kier alpha value is -0.570. The number of nitrogens with one attached hydrogen (secondary N) is 1. The Labute approximate surface area is 66.1 Å². The van der Waals surface area contributed by atoms with E-state index in [0.717, 1.165) is 25.9 Å². The molecule has 2 atom stereocenters. The Kier molecular flexibility index (Phi) is 1.82. The largest absolute Gasteiger partial charge is 0.373 e. The molecule has 1 N–H and O–H groups in total. The number of hydrogen-bond acceptors (Lipinski definition) is 2. The summed E-state index contributed by atoms with van der Waals surface area (Å²) in [6.45, 7) is 0.895. The van der Waals surface area contributed by atoms with E-state index in [-0.39, 0.29) is 5.91 Å². The lowest BCUT2D eigenvalue weighted by molar-refractivity contribution is -0.123. The molecular formula is C8H13NO2. The van der Waals surface area contributed by atoms with Gasteiger partial charge in [-0.05, 0) is 19.3 Å². The minimum atomic E-state index is 0.210. The first-order chi connectivity index (χ1) is 5.34. The highest BCUT2D eigenvalue weighted by Crippen LogP contribution is 2.20. The summed E-state index contributed by atoms with van der Waals surface area (Å²) in [4.78, 5) is 10.9. The third kappa shape index (κ3) is 1.93. The second-order valence-corrected chi connectivity index (χ2v) is 3.35. The molecule has 1 amide bonds. The van der Waals surface area contributed by atoms with Crippen LogP contribution in [0.25, 0.3) is 0 Å². The van der Waals surface area contributed by atoms with Crippen LogP contribution in [0.2, 0.25) is 0 Å². The molecular weight excluding hydrogens is 142 g/mol. The summed E-state index contributed by atoms with van der Waals surface area (Å²) < 4.78 is 5.10. The van der Waals surface area contributed by atoms with E-state index in [1.165, 1.54) is 0 Å². The average molecular weight is 155 g/mol. The summed E-state index contributed by atoms with van der Waals surface area (Å²) >= 11 is 0. The van der Waals surface area contributed by atoms with Crippen LogP contribution in [0.1, 0.15) is 25.7 Å². The molecule has 0 aromatic rings. The molecule has 0 aromatic heterocycles. The van der Waals surface area contributed by atoms with Gasteiger partial charge >= 0.3 is 0 Å². The molecule has 2 unspecified atom stereocenters. The summed E-state index contributed by atoms with van der Waals surface area (Å²) in [7, 11) is 0. The highest BCUT2D eigenvalue weighted by atomic mass is 16.6. The number of rotatable bonds is 2. The van der Waals surface area contributed by atoms with Crippen LogP contribution in [0.3, 0.4) is 0 Å². The maximum absolute atomic E-state index is 10.9. The summed E-state index contributed by atoms with van der Waals surface area (Å²) in [6.07, 6.45) is 4.35. The summed E-state index contributed by atoms with van der Waals surface area (Å²) in [5.74, 6) is 0.210. The fraction of sp³-hybridized carbons (Fsp3) is 0.875. The van der Waals surface area contributed by atoms with Crippen LogP contribution in [0.4, 0.5) is 0 Å². The van der Waals surface area contributed by atoms with E-state index in [4.69, 9.17) is 4.74 Å². The van der Waals surface area contributed by atoms with E-state index in [0.29, 0.717) is 18.6 Å². The van der Waals surface area contributed by atoms with Crippen LogP contribution in [0.5, 0.6) is 0 Å². The van der Waals surface area contributed by atoms with Gasteiger partial charge in [-0.1, -0.05) is 0 Å². The quantitative estimate of drug-likeness (QED) is 0.588. The van der Waals surface area contributed by atoms with Crippen LogP contribution in [-0.2, 0) is 9.53 Å². The molecule has 2 fully saturated rings. The van der Waals surface area contributed by atoms with Crippen LogP contribution < -0.4 is 5.32 Å². The van der Waals surface area contributed by atoms with E-state index in [9.17, 15) is 4.79 Å². The van der Waals surface area contributed by atoms with Gasteiger partial charge < -0.3 is 10.1 Å². The zero-order chi connectivity index (χ0) is 7.68. The van der Waals surface area contributed by atoms with Gasteiger partial charge in [0.1, 0.15) is 0 Å². The zero-order valence-corrected chi connectivity index (χ0v) is 6.51. The summed E-state index contributed by atoms with van der Waals surface area (Å²) in [5.41, 5.74) is 0. The Morgan fingerprint density at radius 1 is 1.64 bits per heavy atom. The van der Waals surface area contributed by atoms with Crippen LogP contribution >= 0.6 is 0 Å². The Balaban J connectivity index is 1.77. The molecule has 3 nitrogen and oxygen atoms in total. The maximum Gasteiger partial charge on any atom is 0.220 e. The third-order valence-electron chi connectivity index (χ3n) is 2.27. The van der Waals surface area contributed by atoms with E-state index in [1.807, 2.05) is 0 Å². The monoisotopic (exact) mass is 155 g/mol. The van der Waals surface area contributed by atoms with Gasteiger partial charge in [-0.15, -0.1) is 0 Å². The molecule has 2 rings (SSSR count). The molecule has 2 aliphatic heterocycles. The molecule has 0 spiro atoms. The maximum atomic E-state index is 10.9. The first kappa shape index (κ1) is 7.10. The van der Waals surface area contributed by atoms with Crippen molar-refractivity contribution >= 4 is 5.91 Å². The summed E-state index contributed by atoms with van der Waals surface area (Å²) in [6, 6.07) is 0.392. The number of piperidine rings is 1. The molecule has 2 heterocycles. The van der Waals surface area contributed by atoms with Crippen molar-refractivity contribution in [3.63, 3.8) is 0 Å². The van der Waals surface area contributed by atoms with Crippen molar-refractivity contribution in [3.8, 4) is 0 Å². The Bertz CT molecular complexity index is 165.